The molecule has 0 radical (unpaired) electrons. The van der Waals surface area contributed by atoms with E-state index in [1.165, 1.54) is 6.08 Å². The minimum Gasteiger partial charge on any atom is -0.486 e. The van der Waals surface area contributed by atoms with Gasteiger partial charge >= 0.3 is 0 Å². The molecule has 0 saturated carbocycles. The zero-order valence-electron chi connectivity index (χ0n) is 14.4. The van der Waals surface area contributed by atoms with Crippen molar-refractivity contribution in [2.45, 2.75) is 12.5 Å². The van der Waals surface area contributed by atoms with Gasteiger partial charge in [0.1, 0.15) is 17.6 Å². The van der Waals surface area contributed by atoms with E-state index in [9.17, 15) is 4.79 Å². The van der Waals surface area contributed by atoms with Crippen LogP contribution in [0.1, 0.15) is 11.1 Å². The number of carbonyl (C=O) groups is 1. The minimum absolute atomic E-state index is 0.153. The Hall–Kier alpha value is -3.05. The van der Waals surface area contributed by atoms with Crippen molar-refractivity contribution in [2.24, 2.45) is 0 Å². The molecule has 4 rings (SSSR count). The number of pyridine rings is 1. The second kappa shape index (κ2) is 7.68. The van der Waals surface area contributed by atoms with Crippen LogP contribution in [-0.2, 0) is 11.2 Å². The van der Waals surface area contributed by atoms with Gasteiger partial charge in [-0.1, -0.05) is 17.7 Å². The lowest BCUT2D eigenvalue weighted by molar-refractivity contribution is -0.116. The van der Waals surface area contributed by atoms with Crippen LogP contribution in [0.5, 0.6) is 5.75 Å². The van der Waals surface area contributed by atoms with Crippen molar-refractivity contribution in [1.29, 1.82) is 0 Å². The Kier molecular flexibility index (Phi) is 4.94. The number of rotatable bonds is 5. The molecule has 0 spiro atoms. The number of amides is 1. The number of furan rings is 1. The van der Waals surface area contributed by atoms with Crippen molar-refractivity contribution in [3.05, 3.63) is 77.3 Å². The minimum atomic E-state index is -0.180. The molecule has 1 amide bonds. The van der Waals surface area contributed by atoms with Gasteiger partial charge in [-0.2, -0.15) is 0 Å². The van der Waals surface area contributed by atoms with Crippen molar-refractivity contribution in [2.75, 3.05) is 6.54 Å². The molecule has 27 heavy (non-hydrogen) atoms. The average Bonchev–Trinajstić information content (AvgIpc) is 3.35. The Balaban J connectivity index is 1.37. The van der Waals surface area contributed by atoms with Crippen molar-refractivity contribution in [1.82, 2.24) is 10.3 Å². The van der Waals surface area contributed by atoms with E-state index >= 15 is 0 Å². The Labute approximate surface area is 161 Å². The quantitative estimate of drug-likeness (QED) is 0.676. The van der Waals surface area contributed by atoms with E-state index in [1.807, 2.05) is 36.4 Å². The second-order valence-electron chi connectivity index (χ2n) is 6.23. The SMILES string of the molecule is O=C(C=Cc1cccnc1)NCC1Cc2cc(-c3ccco3)cc(Cl)c2O1. The summed E-state index contributed by atoms with van der Waals surface area (Å²) >= 11 is 6.37. The van der Waals surface area contributed by atoms with E-state index in [0.717, 1.165) is 22.5 Å². The van der Waals surface area contributed by atoms with Gasteiger partial charge in [-0.25, -0.2) is 0 Å². The molecule has 0 fully saturated rings. The number of ether oxygens (including phenoxy) is 1. The lowest BCUT2D eigenvalue weighted by Gasteiger charge is -2.11. The first-order valence-corrected chi connectivity index (χ1v) is 8.96. The molecule has 6 heteroatoms. The van der Waals surface area contributed by atoms with E-state index in [2.05, 4.69) is 10.3 Å². The zero-order chi connectivity index (χ0) is 18.6. The van der Waals surface area contributed by atoms with Gasteiger partial charge in [0.2, 0.25) is 5.91 Å². The highest BCUT2D eigenvalue weighted by Gasteiger charge is 2.26. The fourth-order valence-electron chi connectivity index (χ4n) is 3.01. The maximum Gasteiger partial charge on any atom is 0.244 e. The lowest BCUT2D eigenvalue weighted by atomic mass is 10.0. The van der Waals surface area contributed by atoms with Gasteiger partial charge in [0.15, 0.2) is 0 Å². The Morgan fingerprint density at radius 1 is 1.33 bits per heavy atom. The van der Waals surface area contributed by atoms with Crippen LogP contribution in [0.15, 0.2) is 65.5 Å². The van der Waals surface area contributed by atoms with Crippen molar-refractivity contribution < 1.29 is 13.9 Å². The molecule has 0 aliphatic carbocycles. The highest BCUT2D eigenvalue weighted by molar-refractivity contribution is 6.32. The summed E-state index contributed by atoms with van der Waals surface area (Å²) in [5, 5.41) is 3.40. The molecule has 1 aliphatic heterocycles. The second-order valence-corrected chi connectivity index (χ2v) is 6.64. The van der Waals surface area contributed by atoms with Crippen LogP contribution in [0.25, 0.3) is 17.4 Å². The third-order valence-corrected chi connectivity index (χ3v) is 4.55. The number of hydrogen-bond acceptors (Lipinski definition) is 4. The van der Waals surface area contributed by atoms with Gasteiger partial charge in [0.05, 0.1) is 17.8 Å². The predicted molar refractivity (Wildman–Crippen MR) is 104 cm³/mol. The molecule has 136 valence electrons. The Morgan fingerprint density at radius 2 is 2.26 bits per heavy atom. The largest absolute Gasteiger partial charge is 0.486 e. The van der Waals surface area contributed by atoms with E-state index in [-0.39, 0.29) is 12.0 Å². The fraction of sp³-hybridized carbons (Fsp3) is 0.143. The summed E-state index contributed by atoms with van der Waals surface area (Å²) in [5.41, 5.74) is 2.80. The first kappa shape index (κ1) is 17.4. The topological polar surface area (TPSA) is 64.4 Å². The molecule has 1 N–H and O–H groups in total. The van der Waals surface area contributed by atoms with Gasteiger partial charge in [0, 0.05) is 36.0 Å². The number of nitrogens with zero attached hydrogens (tertiary/aromatic N) is 1. The van der Waals surface area contributed by atoms with E-state index in [4.69, 9.17) is 20.8 Å². The molecule has 0 bridgehead atoms. The number of fused-ring (bicyclic) bond motifs is 1. The molecule has 3 aromatic rings. The maximum absolute atomic E-state index is 12.0. The monoisotopic (exact) mass is 380 g/mol. The van der Waals surface area contributed by atoms with Gasteiger partial charge in [-0.3, -0.25) is 9.78 Å². The van der Waals surface area contributed by atoms with Crippen LogP contribution in [0, 0.1) is 0 Å². The van der Waals surface area contributed by atoms with Crippen molar-refractivity contribution in [3.8, 4) is 17.1 Å². The zero-order valence-corrected chi connectivity index (χ0v) is 15.1. The Morgan fingerprint density at radius 3 is 3.04 bits per heavy atom. The smallest absolute Gasteiger partial charge is 0.244 e. The third-order valence-electron chi connectivity index (χ3n) is 4.27. The van der Waals surface area contributed by atoms with E-state index in [1.54, 1.807) is 24.7 Å². The molecule has 5 nitrogen and oxygen atoms in total. The Bertz CT molecular complexity index is 969. The van der Waals surface area contributed by atoms with Crippen molar-refractivity contribution >= 4 is 23.6 Å². The summed E-state index contributed by atoms with van der Waals surface area (Å²) in [7, 11) is 0. The van der Waals surface area contributed by atoms with Crippen molar-refractivity contribution in [3.63, 3.8) is 0 Å². The van der Waals surface area contributed by atoms with E-state index < -0.39 is 0 Å². The van der Waals surface area contributed by atoms with Crippen LogP contribution in [0.4, 0.5) is 0 Å². The van der Waals surface area contributed by atoms with Crippen LogP contribution in [-0.4, -0.2) is 23.5 Å². The summed E-state index contributed by atoms with van der Waals surface area (Å²) in [6, 6.07) is 11.3. The molecule has 3 heterocycles. The number of nitrogens with one attached hydrogen (secondary N) is 1. The van der Waals surface area contributed by atoms with Crippen LogP contribution >= 0.6 is 11.6 Å². The predicted octanol–water partition coefficient (Wildman–Crippen LogP) is 4.13. The lowest BCUT2D eigenvalue weighted by Crippen LogP contribution is -2.33. The normalized spacial score (nSPS) is 15.5. The first-order chi connectivity index (χ1) is 13.2. The highest BCUT2D eigenvalue weighted by atomic mass is 35.5. The molecular weight excluding hydrogens is 364 g/mol. The summed E-state index contributed by atoms with van der Waals surface area (Å²) < 4.78 is 11.3. The molecular formula is C21H17ClN2O3. The summed E-state index contributed by atoms with van der Waals surface area (Å²) in [5.74, 6) is 1.26. The highest BCUT2D eigenvalue weighted by Crippen LogP contribution is 2.39. The van der Waals surface area contributed by atoms with Gasteiger partial charge in [-0.05, 0) is 42.0 Å². The molecule has 2 aromatic heterocycles. The van der Waals surface area contributed by atoms with Gasteiger partial charge in [-0.15, -0.1) is 0 Å². The summed E-state index contributed by atoms with van der Waals surface area (Å²) in [4.78, 5) is 16.0. The first-order valence-electron chi connectivity index (χ1n) is 8.58. The van der Waals surface area contributed by atoms with Crippen LogP contribution in [0.2, 0.25) is 5.02 Å². The molecule has 1 unspecified atom stereocenters. The number of aromatic nitrogens is 1. The van der Waals surface area contributed by atoms with E-state index in [0.29, 0.717) is 23.7 Å². The molecule has 1 atom stereocenters. The maximum atomic E-state index is 12.0. The fourth-order valence-corrected chi connectivity index (χ4v) is 3.29. The third kappa shape index (κ3) is 4.04. The number of hydrogen-bond donors (Lipinski definition) is 1. The van der Waals surface area contributed by atoms with Crippen LogP contribution < -0.4 is 10.1 Å². The molecule has 1 aromatic carbocycles. The summed E-state index contributed by atoms with van der Waals surface area (Å²) in [6.45, 7) is 0.400. The summed E-state index contributed by atoms with van der Waals surface area (Å²) in [6.07, 6.45) is 8.74. The standard InChI is InChI=1S/C21H17ClN2O3/c22-18-11-15(19-4-2-8-26-19)9-16-10-17(27-21(16)18)13-24-20(25)6-5-14-3-1-7-23-12-14/h1-9,11-12,17H,10,13H2,(H,24,25). The number of benzene rings is 1. The van der Waals surface area contributed by atoms with Gasteiger partial charge in [0.25, 0.3) is 0 Å². The number of carbonyl (C=O) groups excluding carboxylic acids is 1. The number of halogens is 1. The van der Waals surface area contributed by atoms with Crippen LogP contribution in [0.3, 0.4) is 0 Å². The average molecular weight is 381 g/mol. The molecule has 0 saturated heterocycles. The molecule has 1 aliphatic rings. The van der Waals surface area contributed by atoms with Gasteiger partial charge < -0.3 is 14.5 Å².